The highest BCUT2D eigenvalue weighted by Gasteiger charge is 2.30. The van der Waals surface area contributed by atoms with E-state index in [1.807, 2.05) is 28.8 Å². The van der Waals surface area contributed by atoms with Crippen molar-refractivity contribution in [3.63, 3.8) is 0 Å². The standard InChI is InChI=1S/C13H15Cl3N2O/c1-19-9-5-4-8-18-11-7-3-2-6-10(11)17-12(18)13(14,15)16/h2-3,6-7H,4-5,8-9H2,1H3. The molecular weight excluding hydrogens is 307 g/mol. The Morgan fingerprint density at radius 1 is 1.21 bits per heavy atom. The number of benzene rings is 1. The molecule has 2 aromatic rings. The molecule has 0 atom stereocenters. The molecule has 1 aromatic heterocycles. The number of hydrogen-bond donors (Lipinski definition) is 0. The second-order valence-electron chi connectivity index (χ2n) is 4.27. The molecule has 0 saturated carbocycles. The lowest BCUT2D eigenvalue weighted by atomic mass is 10.3. The average molecular weight is 322 g/mol. The molecule has 6 heteroatoms. The maximum absolute atomic E-state index is 6.00. The van der Waals surface area contributed by atoms with Gasteiger partial charge in [0.05, 0.1) is 11.0 Å². The Bertz CT molecular complexity index is 548. The quantitative estimate of drug-likeness (QED) is 0.607. The first-order chi connectivity index (χ1) is 9.04. The Hall–Kier alpha value is -0.480. The van der Waals surface area contributed by atoms with Gasteiger partial charge >= 0.3 is 0 Å². The van der Waals surface area contributed by atoms with Crippen LogP contribution in [0, 0.1) is 0 Å². The van der Waals surface area contributed by atoms with Crippen LogP contribution in [0.5, 0.6) is 0 Å². The third-order valence-electron chi connectivity index (χ3n) is 2.89. The molecule has 0 spiro atoms. The maximum Gasteiger partial charge on any atom is 0.248 e. The molecular formula is C13H15Cl3N2O. The lowest BCUT2D eigenvalue weighted by Gasteiger charge is -2.14. The highest BCUT2D eigenvalue weighted by atomic mass is 35.6. The summed E-state index contributed by atoms with van der Waals surface area (Å²) in [4.78, 5) is 4.42. The summed E-state index contributed by atoms with van der Waals surface area (Å²) < 4.78 is 5.50. The Balaban J connectivity index is 2.32. The van der Waals surface area contributed by atoms with Crippen molar-refractivity contribution in [1.29, 1.82) is 0 Å². The molecule has 0 aliphatic rings. The second kappa shape index (κ2) is 6.31. The summed E-state index contributed by atoms with van der Waals surface area (Å²) in [7, 11) is 1.69. The number of methoxy groups -OCH3 is 1. The van der Waals surface area contributed by atoms with E-state index in [0.717, 1.165) is 37.0 Å². The lowest BCUT2D eigenvalue weighted by Crippen LogP contribution is -2.12. The van der Waals surface area contributed by atoms with Gasteiger partial charge in [0, 0.05) is 20.3 Å². The van der Waals surface area contributed by atoms with Crippen LogP contribution in [0.1, 0.15) is 18.7 Å². The summed E-state index contributed by atoms with van der Waals surface area (Å²) in [6.45, 7) is 1.49. The normalized spacial score (nSPS) is 12.2. The lowest BCUT2D eigenvalue weighted by molar-refractivity contribution is 0.191. The molecule has 19 heavy (non-hydrogen) atoms. The van der Waals surface area contributed by atoms with E-state index >= 15 is 0 Å². The number of para-hydroxylation sites is 2. The Morgan fingerprint density at radius 2 is 1.95 bits per heavy atom. The van der Waals surface area contributed by atoms with Crippen LogP contribution in [0.2, 0.25) is 0 Å². The highest BCUT2D eigenvalue weighted by molar-refractivity contribution is 6.66. The van der Waals surface area contributed by atoms with Gasteiger partial charge < -0.3 is 9.30 Å². The molecule has 1 aromatic carbocycles. The molecule has 0 N–H and O–H groups in total. The minimum atomic E-state index is -1.51. The van der Waals surface area contributed by atoms with Gasteiger partial charge in [-0.1, -0.05) is 46.9 Å². The number of aryl methyl sites for hydroxylation is 1. The SMILES string of the molecule is COCCCCn1c(C(Cl)(Cl)Cl)nc2ccccc21. The van der Waals surface area contributed by atoms with Gasteiger partial charge in [-0.05, 0) is 25.0 Å². The Morgan fingerprint density at radius 3 is 2.63 bits per heavy atom. The number of unbranched alkanes of at least 4 members (excludes halogenated alkanes) is 1. The summed E-state index contributed by atoms with van der Waals surface area (Å²) in [6.07, 6.45) is 1.91. The number of fused-ring (bicyclic) bond motifs is 1. The van der Waals surface area contributed by atoms with Gasteiger partial charge in [-0.2, -0.15) is 0 Å². The van der Waals surface area contributed by atoms with Gasteiger partial charge in [-0.15, -0.1) is 0 Å². The third-order valence-corrected chi connectivity index (χ3v) is 3.40. The van der Waals surface area contributed by atoms with Crippen molar-refractivity contribution in [2.45, 2.75) is 23.2 Å². The fourth-order valence-electron chi connectivity index (χ4n) is 2.03. The van der Waals surface area contributed by atoms with Gasteiger partial charge in [0.25, 0.3) is 0 Å². The predicted molar refractivity (Wildman–Crippen MR) is 80.1 cm³/mol. The number of rotatable bonds is 5. The first-order valence-corrected chi connectivity index (χ1v) is 7.19. The monoisotopic (exact) mass is 320 g/mol. The molecule has 104 valence electrons. The molecule has 0 aliphatic heterocycles. The fraction of sp³-hybridized carbons (Fsp3) is 0.462. The van der Waals surface area contributed by atoms with Crippen LogP contribution in [0.15, 0.2) is 24.3 Å². The summed E-state index contributed by atoms with van der Waals surface area (Å²) in [5, 5.41) is 0. The summed E-state index contributed by atoms with van der Waals surface area (Å²) in [5.74, 6) is 0.469. The van der Waals surface area contributed by atoms with Crippen molar-refractivity contribution in [2.24, 2.45) is 0 Å². The van der Waals surface area contributed by atoms with Gasteiger partial charge in [-0.3, -0.25) is 0 Å². The molecule has 2 rings (SSSR count). The van der Waals surface area contributed by atoms with Crippen LogP contribution in [0.3, 0.4) is 0 Å². The van der Waals surface area contributed by atoms with E-state index in [4.69, 9.17) is 39.5 Å². The minimum Gasteiger partial charge on any atom is -0.385 e. The average Bonchev–Trinajstić information content (AvgIpc) is 2.74. The van der Waals surface area contributed by atoms with E-state index in [2.05, 4.69) is 4.98 Å². The molecule has 3 nitrogen and oxygen atoms in total. The molecule has 0 saturated heterocycles. The molecule has 0 unspecified atom stereocenters. The van der Waals surface area contributed by atoms with Gasteiger partial charge in [-0.25, -0.2) is 4.98 Å². The zero-order valence-corrected chi connectivity index (χ0v) is 12.8. The fourth-order valence-corrected chi connectivity index (χ4v) is 2.47. The second-order valence-corrected chi connectivity index (χ2v) is 6.55. The number of ether oxygens (including phenoxy) is 1. The number of nitrogens with zero attached hydrogens (tertiary/aromatic N) is 2. The molecule has 1 heterocycles. The molecule has 0 bridgehead atoms. The Kier molecular flexibility index (Phi) is 4.96. The minimum absolute atomic E-state index is 0.469. The molecule has 0 radical (unpaired) electrons. The highest BCUT2D eigenvalue weighted by Crippen LogP contribution is 2.39. The van der Waals surface area contributed by atoms with Gasteiger partial charge in [0.15, 0.2) is 5.82 Å². The van der Waals surface area contributed by atoms with Crippen LogP contribution in [-0.2, 0) is 15.1 Å². The van der Waals surface area contributed by atoms with Gasteiger partial charge in [0.2, 0.25) is 3.79 Å². The van der Waals surface area contributed by atoms with Crippen molar-refractivity contribution in [1.82, 2.24) is 9.55 Å². The summed E-state index contributed by atoms with van der Waals surface area (Å²) in [6, 6.07) is 7.78. The number of hydrogen-bond acceptors (Lipinski definition) is 2. The van der Waals surface area contributed by atoms with Crippen LogP contribution in [-0.4, -0.2) is 23.3 Å². The summed E-state index contributed by atoms with van der Waals surface area (Å²) in [5.41, 5.74) is 1.83. The first-order valence-electron chi connectivity index (χ1n) is 6.05. The topological polar surface area (TPSA) is 27.1 Å². The van der Waals surface area contributed by atoms with Crippen LogP contribution in [0.4, 0.5) is 0 Å². The molecule has 0 amide bonds. The number of imidazole rings is 1. The number of alkyl halides is 3. The summed E-state index contributed by atoms with van der Waals surface area (Å²) >= 11 is 18.0. The van der Waals surface area contributed by atoms with E-state index in [1.54, 1.807) is 7.11 Å². The van der Waals surface area contributed by atoms with E-state index < -0.39 is 3.79 Å². The van der Waals surface area contributed by atoms with Gasteiger partial charge in [0.1, 0.15) is 0 Å². The van der Waals surface area contributed by atoms with Crippen molar-refractivity contribution < 1.29 is 4.74 Å². The van der Waals surface area contributed by atoms with Crippen LogP contribution >= 0.6 is 34.8 Å². The van der Waals surface area contributed by atoms with Crippen molar-refractivity contribution in [2.75, 3.05) is 13.7 Å². The van der Waals surface area contributed by atoms with E-state index in [-0.39, 0.29) is 0 Å². The zero-order valence-electron chi connectivity index (χ0n) is 10.6. The van der Waals surface area contributed by atoms with Crippen molar-refractivity contribution in [3.05, 3.63) is 30.1 Å². The third kappa shape index (κ3) is 3.54. The number of aromatic nitrogens is 2. The van der Waals surface area contributed by atoms with E-state index in [0.29, 0.717) is 5.82 Å². The Labute approximate surface area is 127 Å². The first kappa shape index (κ1) is 14.9. The smallest absolute Gasteiger partial charge is 0.248 e. The maximum atomic E-state index is 6.00. The largest absolute Gasteiger partial charge is 0.385 e. The van der Waals surface area contributed by atoms with Crippen molar-refractivity contribution in [3.8, 4) is 0 Å². The number of halogens is 3. The molecule has 0 aliphatic carbocycles. The zero-order chi connectivity index (χ0) is 13.9. The molecule has 0 fully saturated rings. The van der Waals surface area contributed by atoms with E-state index in [9.17, 15) is 0 Å². The van der Waals surface area contributed by atoms with Crippen LogP contribution in [0.25, 0.3) is 11.0 Å². The predicted octanol–water partition coefficient (Wildman–Crippen LogP) is 4.29. The van der Waals surface area contributed by atoms with Crippen LogP contribution < -0.4 is 0 Å². The van der Waals surface area contributed by atoms with Crippen molar-refractivity contribution >= 4 is 45.8 Å². The van der Waals surface area contributed by atoms with E-state index in [1.165, 1.54) is 0 Å².